The van der Waals surface area contributed by atoms with Crippen LogP contribution in [0.1, 0.15) is 31.9 Å². The number of benzene rings is 1. The van der Waals surface area contributed by atoms with Crippen LogP contribution in [0.4, 0.5) is 0 Å². The maximum Gasteiger partial charge on any atom is 0.228 e. The van der Waals surface area contributed by atoms with Crippen LogP contribution in [0.15, 0.2) is 24.3 Å². The Hall–Kier alpha value is -1.59. The molecule has 1 aromatic rings. The Morgan fingerprint density at radius 1 is 1.21 bits per heavy atom. The van der Waals surface area contributed by atoms with Gasteiger partial charge in [0.25, 0.3) is 0 Å². The number of hydrogen-bond acceptors (Lipinski definition) is 3. The van der Waals surface area contributed by atoms with Crippen LogP contribution in [0.2, 0.25) is 5.02 Å². The lowest BCUT2D eigenvalue weighted by Gasteiger charge is -2.42. The predicted molar refractivity (Wildman–Crippen MR) is 91.4 cm³/mol. The van der Waals surface area contributed by atoms with Crippen LogP contribution in [0.25, 0.3) is 0 Å². The van der Waals surface area contributed by atoms with Gasteiger partial charge in [0.2, 0.25) is 11.8 Å². The summed E-state index contributed by atoms with van der Waals surface area (Å²) in [6, 6.07) is 7.38. The number of aliphatic hydroxyl groups excluding tert-OH is 1. The van der Waals surface area contributed by atoms with Crippen molar-refractivity contribution in [2.24, 2.45) is 11.8 Å². The fourth-order valence-corrected chi connectivity index (χ4v) is 3.57. The first-order valence-corrected chi connectivity index (χ1v) is 8.76. The number of nitrogens with zero attached hydrogens (tertiary/aromatic N) is 2. The van der Waals surface area contributed by atoms with E-state index in [9.17, 15) is 14.7 Å². The van der Waals surface area contributed by atoms with Crippen molar-refractivity contribution in [1.29, 1.82) is 0 Å². The zero-order valence-electron chi connectivity index (χ0n) is 14.0. The summed E-state index contributed by atoms with van der Waals surface area (Å²) in [6.45, 7) is 5.36. The first kappa shape index (κ1) is 17.2. The standard InChI is InChI=1S/C18H23ClN2O3/c1-11(13-3-5-16(19)6-4-13)21-10-14(7-17(21)23)18(24)20-8-15(9-20)12(2)22/h3-6,11-12,14-15,22H,7-10H2,1-2H3/t11-,12+,14?/m0/s1. The molecule has 0 saturated carbocycles. The number of rotatable bonds is 4. The van der Waals surface area contributed by atoms with Crippen molar-refractivity contribution >= 4 is 23.4 Å². The van der Waals surface area contributed by atoms with Gasteiger partial charge in [-0.15, -0.1) is 0 Å². The van der Waals surface area contributed by atoms with E-state index < -0.39 is 0 Å². The van der Waals surface area contributed by atoms with Crippen molar-refractivity contribution in [2.45, 2.75) is 32.4 Å². The normalized spacial score (nSPS) is 24.0. The highest BCUT2D eigenvalue weighted by atomic mass is 35.5. The number of amides is 2. The lowest BCUT2D eigenvalue weighted by molar-refractivity contribution is -0.144. The minimum absolute atomic E-state index is 0.0170. The molecular formula is C18H23ClN2O3. The SMILES string of the molecule is C[C@@H](O)C1CN(C(=O)C2CC(=O)N([C@@H](C)c3ccc(Cl)cc3)C2)C1. The molecule has 3 rings (SSSR count). The smallest absolute Gasteiger partial charge is 0.228 e. The van der Waals surface area contributed by atoms with Crippen LogP contribution in [-0.4, -0.2) is 52.5 Å². The summed E-state index contributed by atoms with van der Waals surface area (Å²) in [4.78, 5) is 28.4. The molecule has 3 atom stereocenters. The predicted octanol–water partition coefficient (Wildman–Crippen LogP) is 2.09. The number of hydrogen-bond donors (Lipinski definition) is 1. The molecular weight excluding hydrogens is 328 g/mol. The van der Waals surface area contributed by atoms with E-state index in [2.05, 4.69) is 0 Å². The van der Waals surface area contributed by atoms with Gasteiger partial charge in [0, 0.05) is 37.0 Å². The number of carbonyl (C=O) groups is 2. The first-order chi connectivity index (χ1) is 11.4. The molecule has 1 N–H and O–H groups in total. The zero-order chi connectivity index (χ0) is 17.4. The zero-order valence-corrected chi connectivity index (χ0v) is 14.7. The number of carbonyl (C=O) groups excluding carboxylic acids is 2. The van der Waals surface area contributed by atoms with Gasteiger partial charge in [-0.3, -0.25) is 9.59 Å². The Morgan fingerprint density at radius 2 is 1.83 bits per heavy atom. The van der Waals surface area contributed by atoms with Gasteiger partial charge < -0.3 is 14.9 Å². The van der Waals surface area contributed by atoms with E-state index in [1.807, 2.05) is 31.2 Å². The van der Waals surface area contributed by atoms with Gasteiger partial charge in [-0.1, -0.05) is 23.7 Å². The largest absolute Gasteiger partial charge is 0.393 e. The molecule has 130 valence electrons. The fraction of sp³-hybridized carbons (Fsp3) is 0.556. The second-order valence-electron chi connectivity index (χ2n) is 6.92. The van der Waals surface area contributed by atoms with Gasteiger partial charge >= 0.3 is 0 Å². The van der Waals surface area contributed by atoms with Crippen LogP contribution in [0.3, 0.4) is 0 Å². The second kappa shape index (κ2) is 6.73. The van der Waals surface area contributed by atoms with Crippen molar-refractivity contribution in [3.63, 3.8) is 0 Å². The Morgan fingerprint density at radius 3 is 2.42 bits per heavy atom. The lowest BCUT2D eigenvalue weighted by atomic mass is 9.92. The summed E-state index contributed by atoms with van der Waals surface area (Å²) >= 11 is 5.91. The molecule has 2 fully saturated rings. The molecule has 24 heavy (non-hydrogen) atoms. The number of likely N-dealkylation sites (tertiary alicyclic amines) is 2. The molecule has 2 amide bonds. The van der Waals surface area contributed by atoms with E-state index in [1.165, 1.54) is 0 Å². The van der Waals surface area contributed by atoms with E-state index in [0.717, 1.165) is 5.56 Å². The molecule has 2 heterocycles. The Bertz CT molecular complexity index is 626. The van der Waals surface area contributed by atoms with Crippen molar-refractivity contribution in [1.82, 2.24) is 9.80 Å². The third kappa shape index (κ3) is 3.28. The summed E-state index contributed by atoms with van der Waals surface area (Å²) in [5, 5.41) is 10.2. The Kier molecular flexibility index (Phi) is 4.83. The third-order valence-electron chi connectivity index (χ3n) is 5.23. The molecule has 0 aliphatic carbocycles. The van der Waals surface area contributed by atoms with Crippen molar-refractivity contribution in [3.8, 4) is 0 Å². The van der Waals surface area contributed by atoms with Gasteiger partial charge in [0.15, 0.2) is 0 Å². The summed E-state index contributed by atoms with van der Waals surface area (Å²) in [6.07, 6.45) is -0.118. The van der Waals surface area contributed by atoms with Crippen LogP contribution < -0.4 is 0 Å². The monoisotopic (exact) mass is 350 g/mol. The first-order valence-electron chi connectivity index (χ1n) is 8.38. The summed E-state index contributed by atoms with van der Waals surface area (Å²) in [7, 11) is 0. The average Bonchev–Trinajstić information content (AvgIpc) is 2.87. The third-order valence-corrected chi connectivity index (χ3v) is 5.48. The van der Waals surface area contributed by atoms with Crippen molar-refractivity contribution < 1.29 is 14.7 Å². The Labute approximate surface area is 147 Å². The van der Waals surface area contributed by atoms with Crippen LogP contribution >= 0.6 is 11.6 Å². The Balaban J connectivity index is 1.61. The van der Waals surface area contributed by atoms with Gasteiger partial charge in [-0.05, 0) is 31.5 Å². The maximum absolute atomic E-state index is 12.5. The highest BCUT2D eigenvalue weighted by molar-refractivity contribution is 6.30. The van der Waals surface area contributed by atoms with E-state index in [4.69, 9.17) is 11.6 Å². The molecule has 0 radical (unpaired) electrons. The highest BCUT2D eigenvalue weighted by Gasteiger charge is 2.42. The van der Waals surface area contributed by atoms with E-state index in [-0.39, 0.29) is 42.2 Å². The number of aliphatic hydroxyl groups is 1. The second-order valence-corrected chi connectivity index (χ2v) is 7.36. The van der Waals surface area contributed by atoms with E-state index in [1.54, 1.807) is 16.7 Å². The summed E-state index contributed by atoms with van der Waals surface area (Å²) in [5.74, 6) is -0.0631. The number of halogens is 1. The van der Waals surface area contributed by atoms with E-state index >= 15 is 0 Å². The van der Waals surface area contributed by atoms with Crippen molar-refractivity contribution in [2.75, 3.05) is 19.6 Å². The van der Waals surface area contributed by atoms with Gasteiger partial charge in [0.1, 0.15) is 0 Å². The van der Waals surface area contributed by atoms with Crippen LogP contribution in [0, 0.1) is 11.8 Å². The van der Waals surface area contributed by atoms with Gasteiger partial charge in [-0.2, -0.15) is 0 Å². The van der Waals surface area contributed by atoms with E-state index in [0.29, 0.717) is 24.7 Å². The minimum Gasteiger partial charge on any atom is -0.393 e. The molecule has 2 aliphatic rings. The maximum atomic E-state index is 12.5. The highest BCUT2D eigenvalue weighted by Crippen LogP contribution is 2.31. The molecule has 1 aromatic carbocycles. The lowest BCUT2D eigenvalue weighted by Crippen LogP contribution is -2.55. The molecule has 2 saturated heterocycles. The molecule has 0 bridgehead atoms. The summed E-state index contributed by atoms with van der Waals surface area (Å²) in [5.41, 5.74) is 1.01. The van der Waals surface area contributed by atoms with Crippen LogP contribution in [0.5, 0.6) is 0 Å². The van der Waals surface area contributed by atoms with Gasteiger partial charge in [0.05, 0.1) is 18.1 Å². The quantitative estimate of drug-likeness (QED) is 0.904. The van der Waals surface area contributed by atoms with Gasteiger partial charge in [-0.25, -0.2) is 0 Å². The molecule has 6 heteroatoms. The summed E-state index contributed by atoms with van der Waals surface area (Å²) < 4.78 is 0. The topological polar surface area (TPSA) is 60.9 Å². The molecule has 1 unspecified atom stereocenters. The van der Waals surface area contributed by atoms with Crippen molar-refractivity contribution in [3.05, 3.63) is 34.9 Å². The molecule has 0 spiro atoms. The molecule has 2 aliphatic heterocycles. The van der Waals surface area contributed by atoms with Crippen LogP contribution in [-0.2, 0) is 9.59 Å². The molecule has 0 aromatic heterocycles. The fourth-order valence-electron chi connectivity index (χ4n) is 3.45. The minimum atomic E-state index is -0.388. The average molecular weight is 351 g/mol. The molecule has 5 nitrogen and oxygen atoms in total.